The van der Waals surface area contributed by atoms with Crippen LogP contribution in [0.5, 0.6) is 0 Å². The number of amides is 1. The fourth-order valence-corrected chi connectivity index (χ4v) is 1.58. The van der Waals surface area contributed by atoms with Gasteiger partial charge in [0.25, 0.3) is 5.91 Å². The van der Waals surface area contributed by atoms with Crippen LogP contribution in [0.15, 0.2) is 18.2 Å². The molecule has 0 saturated carbocycles. The van der Waals surface area contributed by atoms with Crippen LogP contribution in [-0.4, -0.2) is 21.1 Å². The lowest BCUT2D eigenvalue weighted by molar-refractivity contribution is 0.101. The van der Waals surface area contributed by atoms with E-state index in [1.54, 1.807) is 0 Å². The van der Waals surface area contributed by atoms with E-state index in [-0.39, 0.29) is 16.8 Å². The van der Waals surface area contributed by atoms with Crippen LogP contribution in [0.25, 0.3) is 0 Å². The summed E-state index contributed by atoms with van der Waals surface area (Å²) >= 11 is 5.63. The first-order chi connectivity index (χ1) is 8.97. The molecular weight excluding hydrogens is 271 g/mol. The van der Waals surface area contributed by atoms with Gasteiger partial charge in [0, 0.05) is 11.6 Å². The Morgan fingerprint density at radius 2 is 2.21 bits per heavy atom. The first-order valence-electron chi connectivity index (χ1n) is 5.66. The highest BCUT2D eigenvalue weighted by Crippen LogP contribution is 2.19. The molecule has 1 aromatic carbocycles. The van der Waals surface area contributed by atoms with Gasteiger partial charge in [-0.25, -0.2) is 9.37 Å². The maximum absolute atomic E-state index is 13.0. The van der Waals surface area contributed by atoms with E-state index in [0.29, 0.717) is 11.5 Å². The summed E-state index contributed by atoms with van der Waals surface area (Å²) in [5, 5.41) is 8.99. The van der Waals surface area contributed by atoms with Gasteiger partial charge in [0.15, 0.2) is 0 Å². The number of hydrogen-bond donors (Lipinski definition) is 2. The van der Waals surface area contributed by atoms with E-state index < -0.39 is 11.7 Å². The van der Waals surface area contributed by atoms with Gasteiger partial charge >= 0.3 is 0 Å². The van der Waals surface area contributed by atoms with Crippen molar-refractivity contribution in [2.24, 2.45) is 0 Å². The number of halogens is 2. The van der Waals surface area contributed by atoms with Crippen LogP contribution in [0.1, 0.15) is 36.2 Å². The number of hydrogen-bond acceptors (Lipinski definition) is 3. The van der Waals surface area contributed by atoms with Gasteiger partial charge in [0.1, 0.15) is 11.6 Å². The first kappa shape index (κ1) is 13.5. The van der Waals surface area contributed by atoms with Gasteiger partial charge < -0.3 is 5.32 Å². The maximum Gasteiger partial charge on any atom is 0.295 e. The maximum atomic E-state index is 13.0. The van der Waals surface area contributed by atoms with Crippen molar-refractivity contribution < 1.29 is 9.18 Å². The summed E-state index contributed by atoms with van der Waals surface area (Å²) in [6, 6.07) is 3.91. The molecule has 0 spiro atoms. The normalized spacial score (nSPS) is 10.8. The predicted molar refractivity (Wildman–Crippen MR) is 69.8 cm³/mol. The highest BCUT2D eigenvalue weighted by molar-refractivity contribution is 6.31. The summed E-state index contributed by atoms with van der Waals surface area (Å²) in [6.45, 7) is 3.86. The van der Waals surface area contributed by atoms with Crippen LogP contribution < -0.4 is 5.32 Å². The number of aromatic amines is 1. The molecule has 5 nitrogen and oxygen atoms in total. The predicted octanol–water partition coefficient (Wildman–Crippen LogP) is 2.97. The Balaban J connectivity index is 2.13. The Labute approximate surface area is 114 Å². The topological polar surface area (TPSA) is 70.7 Å². The Morgan fingerprint density at radius 1 is 1.47 bits per heavy atom. The van der Waals surface area contributed by atoms with E-state index in [1.165, 1.54) is 18.2 Å². The third kappa shape index (κ3) is 3.08. The molecule has 1 amide bonds. The molecule has 0 unspecified atom stereocenters. The number of rotatable bonds is 3. The number of H-pyrrole nitrogens is 1. The van der Waals surface area contributed by atoms with Gasteiger partial charge in [-0.15, -0.1) is 5.10 Å². The second kappa shape index (κ2) is 5.36. The average molecular weight is 283 g/mol. The second-order valence-corrected chi connectivity index (χ2v) is 4.69. The lowest BCUT2D eigenvalue weighted by Crippen LogP contribution is -2.14. The number of anilines is 1. The second-order valence-electron chi connectivity index (χ2n) is 4.28. The molecule has 0 aliphatic carbocycles. The van der Waals surface area contributed by atoms with Crippen molar-refractivity contribution in [3.63, 3.8) is 0 Å². The van der Waals surface area contributed by atoms with Crippen LogP contribution >= 0.6 is 11.6 Å². The molecular formula is C12H12ClFN4O. The van der Waals surface area contributed by atoms with E-state index in [4.69, 9.17) is 11.6 Å². The third-order valence-electron chi connectivity index (χ3n) is 2.43. The minimum Gasteiger partial charge on any atom is -0.319 e. The standard InChI is InChI=1S/C12H12ClFN4O/c1-6(2)10-16-11(18-17-10)12(19)15-7-3-4-9(14)8(13)5-7/h3-6H,1-2H3,(H,15,19)(H,16,17,18). The number of nitrogens with zero attached hydrogens (tertiary/aromatic N) is 2. The lowest BCUT2D eigenvalue weighted by atomic mass is 10.2. The van der Waals surface area contributed by atoms with Crippen molar-refractivity contribution in [1.82, 2.24) is 15.2 Å². The summed E-state index contributed by atoms with van der Waals surface area (Å²) in [6.07, 6.45) is 0. The van der Waals surface area contributed by atoms with Gasteiger partial charge in [-0.3, -0.25) is 9.89 Å². The Kier molecular flexibility index (Phi) is 3.80. The van der Waals surface area contributed by atoms with Crippen molar-refractivity contribution >= 4 is 23.2 Å². The van der Waals surface area contributed by atoms with Gasteiger partial charge in [-0.1, -0.05) is 25.4 Å². The molecule has 1 heterocycles. The minimum atomic E-state index is -0.542. The Morgan fingerprint density at radius 3 is 2.79 bits per heavy atom. The van der Waals surface area contributed by atoms with Crippen molar-refractivity contribution in [3.05, 3.63) is 40.7 Å². The number of aromatic nitrogens is 3. The molecule has 0 aliphatic rings. The molecule has 2 rings (SSSR count). The van der Waals surface area contributed by atoms with Crippen molar-refractivity contribution in [1.29, 1.82) is 0 Å². The summed E-state index contributed by atoms with van der Waals surface area (Å²) < 4.78 is 13.0. The fourth-order valence-electron chi connectivity index (χ4n) is 1.39. The average Bonchev–Trinajstić information content (AvgIpc) is 2.83. The van der Waals surface area contributed by atoms with Gasteiger partial charge in [-0.05, 0) is 18.2 Å². The molecule has 7 heteroatoms. The van der Waals surface area contributed by atoms with Crippen LogP contribution in [0.4, 0.5) is 10.1 Å². The zero-order valence-corrected chi connectivity index (χ0v) is 11.1. The van der Waals surface area contributed by atoms with E-state index in [9.17, 15) is 9.18 Å². The smallest absolute Gasteiger partial charge is 0.295 e. The molecule has 0 fully saturated rings. The minimum absolute atomic E-state index is 0.0316. The number of nitrogens with one attached hydrogen (secondary N) is 2. The summed E-state index contributed by atoms with van der Waals surface area (Å²) in [5.74, 6) is -0.216. The van der Waals surface area contributed by atoms with Gasteiger partial charge in [0.05, 0.1) is 5.02 Å². The first-order valence-corrected chi connectivity index (χ1v) is 6.04. The van der Waals surface area contributed by atoms with Crippen molar-refractivity contribution in [2.45, 2.75) is 19.8 Å². The van der Waals surface area contributed by atoms with Crippen molar-refractivity contribution in [3.8, 4) is 0 Å². The van der Waals surface area contributed by atoms with E-state index >= 15 is 0 Å². The van der Waals surface area contributed by atoms with Gasteiger partial charge in [-0.2, -0.15) is 0 Å². The lowest BCUT2D eigenvalue weighted by Gasteiger charge is -2.03. The summed E-state index contributed by atoms with van der Waals surface area (Å²) in [4.78, 5) is 15.9. The Hall–Kier alpha value is -1.95. The molecule has 0 atom stereocenters. The number of carbonyl (C=O) groups is 1. The van der Waals surface area contributed by atoms with E-state index in [0.717, 1.165) is 0 Å². The third-order valence-corrected chi connectivity index (χ3v) is 2.72. The molecule has 2 N–H and O–H groups in total. The molecule has 2 aromatic rings. The monoisotopic (exact) mass is 282 g/mol. The number of carbonyl (C=O) groups excluding carboxylic acids is 1. The fraction of sp³-hybridized carbons (Fsp3) is 0.250. The molecule has 19 heavy (non-hydrogen) atoms. The summed E-state index contributed by atoms with van der Waals surface area (Å²) in [5.41, 5.74) is 0.382. The van der Waals surface area contributed by atoms with Crippen LogP contribution in [-0.2, 0) is 0 Å². The van der Waals surface area contributed by atoms with Crippen LogP contribution in [0.2, 0.25) is 5.02 Å². The molecule has 0 bridgehead atoms. The zero-order valence-electron chi connectivity index (χ0n) is 10.4. The molecule has 0 radical (unpaired) electrons. The van der Waals surface area contributed by atoms with Crippen LogP contribution in [0, 0.1) is 5.82 Å². The SMILES string of the molecule is CC(C)c1nc(C(=O)Nc2ccc(F)c(Cl)c2)n[nH]1. The zero-order chi connectivity index (χ0) is 14.0. The van der Waals surface area contributed by atoms with Gasteiger partial charge in [0.2, 0.25) is 5.82 Å². The Bertz CT molecular complexity index is 612. The quantitative estimate of drug-likeness (QED) is 0.909. The van der Waals surface area contributed by atoms with Crippen LogP contribution in [0.3, 0.4) is 0 Å². The highest BCUT2D eigenvalue weighted by Gasteiger charge is 2.14. The molecule has 100 valence electrons. The highest BCUT2D eigenvalue weighted by atomic mass is 35.5. The largest absolute Gasteiger partial charge is 0.319 e. The molecule has 0 saturated heterocycles. The number of benzene rings is 1. The van der Waals surface area contributed by atoms with Crippen molar-refractivity contribution in [2.75, 3.05) is 5.32 Å². The molecule has 1 aromatic heterocycles. The van der Waals surface area contributed by atoms with E-state index in [2.05, 4.69) is 20.5 Å². The van der Waals surface area contributed by atoms with E-state index in [1.807, 2.05) is 13.8 Å². The molecule has 0 aliphatic heterocycles. The summed E-state index contributed by atoms with van der Waals surface area (Å²) in [7, 11) is 0.